The predicted molar refractivity (Wildman–Crippen MR) is 81.3 cm³/mol. The second-order valence-corrected chi connectivity index (χ2v) is 4.49. The molecule has 0 spiro atoms. The molecule has 2 aromatic carbocycles. The first-order valence-corrected chi connectivity index (χ1v) is 6.76. The lowest BCUT2D eigenvalue weighted by molar-refractivity contribution is 0.0526. The van der Waals surface area contributed by atoms with Crippen molar-refractivity contribution in [2.75, 3.05) is 13.7 Å². The van der Waals surface area contributed by atoms with Crippen LogP contribution in [-0.4, -0.2) is 30.8 Å². The van der Waals surface area contributed by atoms with Crippen LogP contribution in [0.15, 0.2) is 42.5 Å². The Hall–Kier alpha value is -2.82. The van der Waals surface area contributed by atoms with Crippen molar-refractivity contribution in [3.05, 3.63) is 53.6 Å². The third kappa shape index (κ3) is 3.09. The molecule has 0 aromatic heterocycles. The van der Waals surface area contributed by atoms with E-state index in [2.05, 4.69) is 0 Å². The summed E-state index contributed by atoms with van der Waals surface area (Å²) in [6, 6.07) is 11.4. The van der Waals surface area contributed by atoms with Crippen LogP contribution in [0.3, 0.4) is 0 Å². The number of hydrogen-bond acceptors (Lipinski definition) is 4. The second kappa shape index (κ2) is 6.76. The first-order valence-electron chi connectivity index (χ1n) is 6.76. The Morgan fingerprint density at radius 1 is 1.14 bits per heavy atom. The lowest BCUT2D eigenvalue weighted by Gasteiger charge is -2.12. The lowest BCUT2D eigenvalue weighted by atomic mass is 9.97. The zero-order chi connectivity index (χ0) is 16.1. The maximum Gasteiger partial charge on any atom is 0.338 e. The van der Waals surface area contributed by atoms with Gasteiger partial charge in [0.2, 0.25) is 0 Å². The number of aromatic carboxylic acids is 1. The van der Waals surface area contributed by atoms with Crippen molar-refractivity contribution in [2.24, 2.45) is 0 Å². The second-order valence-electron chi connectivity index (χ2n) is 4.49. The molecule has 114 valence electrons. The maximum absolute atomic E-state index is 11.8. The molecule has 2 aromatic rings. The molecule has 0 unspecified atom stereocenters. The number of methoxy groups -OCH3 is 1. The van der Waals surface area contributed by atoms with Crippen molar-refractivity contribution < 1.29 is 24.2 Å². The van der Waals surface area contributed by atoms with Gasteiger partial charge in [-0.3, -0.25) is 0 Å². The standard InChI is InChI=1S/C17H16O5/c1-3-22-17(20)12-7-4-6-11(10-12)15-13(16(18)19)8-5-9-14(15)21-2/h4-10H,3H2,1-2H3,(H,18,19). The van der Waals surface area contributed by atoms with Crippen LogP contribution in [0, 0.1) is 0 Å². The number of esters is 1. The van der Waals surface area contributed by atoms with Gasteiger partial charge in [-0.15, -0.1) is 0 Å². The largest absolute Gasteiger partial charge is 0.496 e. The number of carbonyl (C=O) groups excluding carboxylic acids is 1. The summed E-state index contributed by atoms with van der Waals surface area (Å²) in [4.78, 5) is 23.3. The van der Waals surface area contributed by atoms with Gasteiger partial charge in [-0.2, -0.15) is 0 Å². The van der Waals surface area contributed by atoms with E-state index in [1.807, 2.05) is 0 Å². The SMILES string of the molecule is CCOC(=O)c1cccc(-c2c(OC)cccc2C(=O)O)c1. The Kier molecular flexibility index (Phi) is 4.78. The van der Waals surface area contributed by atoms with Crippen molar-refractivity contribution >= 4 is 11.9 Å². The van der Waals surface area contributed by atoms with Gasteiger partial charge in [-0.05, 0) is 36.8 Å². The highest BCUT2D eigenvalue weighted by Gasteiger charge is 2.17. The van der Waals surface area contributed by atoms with E-state index in [0.29, 0.717) is 22.4 Å². The number of carboxylic acid groups (broad SMARTS) is 1. The van der Waals surface area contributed by atoms with Gasteiger partial charge >= 0.3 is 11.9 Å². The summed E-state index contributed by atoms with van der Waals surface area (Å²) in [5.74, 6) is -1.08. The highest BCUT2D eigenvalue weighted by molar-refractivity contribution is 5.99. The van der Waals surface area contributed by atoms with E-state index in [9.17, 15) is 14.7 Å². The van der Waals surface area contributed by atoms with Crippen LogP contribution in [-0.2, 0) is 4.74 Å². The topological polar surface area (TPSA) is 72.8 Å². The molecule has 0 aliphatic rings. The molecule has 0 bridgehead atoms. The van der Waals surface area contributed by atoms with Crippen molar-refractivity contribution in [1.82, 2.24) is 0 Å². The minimum absolute atomic E-state index is 0.111. The monoisotopic (exact) mass is 300 g/mol. The van der Waals surface area contributed by atoms with Gasteiger partial charge in [0.15, 0.2) is 0 Å². The Morgan fingerprint density at radius 3 is 2.50 bits per heavy atom. The average Bonchev–Trinajstić information content (AvgIpc) is 2.54. The van der Waals surface area contributed by atoms with E-state index in [1.165, 1.54) is 13.2 Å². The highest BCUT2D eigenvalue weighted by atomic mass is 16.5. The van der Waals surface area contributed by atoms with E-state index in [-0.39, 0.29) is 12.2 Å². The molecule has 0 radical (unpaired) electrons. The number of carboxylic acids is 1. The van der Waals surface area contributed by atoms with Crippen LogP contribution in [0.1, 0.15) is 27.6 Å². The molecule has 0 aliphatic carbocycles. The van der Waals surface area contributed by atoms with E-state index >= 15 is 0 Å². The van der Waals surface area contributed by atoms with Gasteiger partial charge in [-0.25, -0.2) is 9.59 Å². The van der Waals surface area contributed by atoms with E-state index in [4.69, 9.17) is 9.47 Å². The Morgan fingerprint density at radius 2 is 1.86 bits per heavy atom. The number of carbonyl (C=O) groups is 2. The van der Waals surface area contributed by atoms with Crippen molar-refractivity contribution in [1.29, 1.82) is 0 Å². The molecule has 22 heavy (non-hydrogen) atoms. The third-order valence-electron chi connectivity index (χ3n) is 3.14. The number of hydrogen-bond donors (Lipinski definition) is 1. The average molecular weight is 300 g/mol. The number of rotatable bonds is 5. The molecule has 1 N–H and O–H groups in total. The van der Waals surface area contributed by atoms with Crippen LogP contribution in [0.5, 0.6) is 5.75 Å². The highest BCUT2D eigenvalue weighted by Crippen LogP contribution is 2.34. The first-order chi connectivity index (χ1) is 10.6. The van der Waals surface area contributed by atoms with E-state index in [1.54, 1.807) is 43.3 Å². The summed E-state index contributed by atoms with van der Waals surface area (Å²) in [7, 11) is 1.47. The molecular weight excluding hydrogens is 284 g/mol. The zero-order valence-electron chi connectivity index (χ0n) is 12.3. The molecule has 5 nitrogen and oxygen atoms in total. The van der Waals surface area contributed by atoms with Gasteiger partial charge in [0.1, 0.15) is 5.75 Å². The van der Waals surface area contributed by atoms with Crippen LogP contribution in [0.25, 0.3) is 11.1 Å². The molecule has 0 fully saturated rings. The number of benzene rings is 2. The summed E-state index contributed by atoms with van der Waals surface area (Å²) in [5, 5.41) is 9.36. The minimum Gasteiger partial charge on any atom is -0.496 e. The Balaban J connectivity index is 2.59. The van der Waals surface area contributed by atoms with Crippen LogP contribution >= 0.6 is 0 Å². The van der Waals surface area contributed by atoms with Crippen LogP contribution in [0.4, 0.5) is 0 Å². The van der Waals surface area contributed by atoms with Gasteiger partial charge in [0.05, 0.1) is 24.8 Å². The predicted octanol–water partition coefficient (Wildman–Crippen LogP) is 3.24. The first kappa shape index (κ1) is 15.6. The van der Waals surface area contributed by atoms with E-state index < -0.39 is 11.9 Å². The van der Waals surface area contributed by atoms with E-state index in [0.717, 1.165) is 0 Å². The normalized spacial score (nSPS) is 10.1. The lowest BCUT2D eigenvalue weighted by Crippen LogP contribution is -2.05. The number of ether oxygens (including phenoxy) is 2. The fourth-order valence-electron chi connectivity index (χ4n) is 2.19. The van der Waals surface area contributed by atoms with Gasteiger partial charge in [0.25, 0.3) is 0 Å². The summed E-state index contributed by atoms with van der Waals surface area (Å²) >= 11 is 0. The Bertz CT molecular complexity index is 706. The van der Waals surface area contributed by atoms with Crippen molar-refractivity contribution in [3.63, 3.8) is 0 Å². The summed E-state index contributed by atoms with van der Waals surface area (Å²) in [6.07, 6.45) is 0. The van der Waals surface area contributed by atoms with Crippen LogP contribution in [0.2, 0.25) is 0 Å². The summed E-state index contributed by atoms with van der Waals surface area (Å²) in [5.41, 5.74) is 1.49. The van der Waals surface area contributed by atoms with Gasteiger partial charge in [-0.1, -0.05) is 18.2 Å². The molecule has 0 saturated heterocycles. The summed E-state index contributed by atoms with van der Waals surface area (Å²) in [6.45, 7) is 2.00. The fraction of sp³-hybridized carbons (Fsp3) is 0.176. The molecule has 2 rings (SSSR count). The molecular formula is C17H16O5. The molecule has 0 atom stereocenters. The third-order valence-corrected chi connectivity index (χ3v) is 3.14. The Labute approximate surface area is 128 Å². The van der Waals surface area contributed by atoms with Crippen molar-refractivity contribution in [2.45, 2.75) is 6.92 Å². The molecule has 0 saturated carbocycles. The zero-order valence-corrected chi connectivity index (χ0v) is 12.3. The maximum atomic E-state index is 11.8. The molecule has 5 heteroatoms. The van der Waals surface area contributed by atoms with Gasteiger partial charge in [0, 0.05) is 5.56 Å². The minimum atomic E-state index is -1.06. The smallest absolute Gasteiger partial charge is 0.338 e. The van der Waals surface area contributed by atoms with Crippen molar-refractivity contribution in [3.8, 4) is 16.9 Å². The summed E-state index contributed by atoms with van der Waals surface area (Å²) < 4.78 is 10.2. The molecule has 0 heterocycles. The van der Waals surface area contributed by atoms with Gasteiger partial charge < -0.3 is 14.6 Å². The fourth-order valence-corrected chi connectivity index (χ4v) is 2.19. The molecule has 0 amide bonds. The molecule has 0 aliphatic heterocycles. The van der Waals surface area contributed by atoms with Crippen LogP contribution < -0.4 is 4.74 Å². The quantitative estimate of drug-likeness (QED) is 0.858.